The molecule has 1 heterocycles. The zero-order chi connectivity index (χ0) is 18.7. The molecule has 6 heteroatoms. The van der Waals surface area contributed by atoms with E-state index in [0.29, 0.717) is 42.0 Å². The van der Waals surface area contributed by atoms with Gasteiger partial charge in [0, 0.05) is 36.9 Å². The van der Waals surface area contributed by atoms with E-state index in [4.69, 9.17) is 11.6 Å². The Kier molecular flexibility index (Phi) is 5.90. The van der Waals surface area contributed by atoms with Crippen molar-refractivity contribution in [3.8, 4) is 0 Å². The van der Waals surface area contributed by atoms with Crippen LogP contribution in [0.5, 0.6) is 0 Å². The van der Waals surface area contributed by atoms with E-state index in [1.165, 1.54) is 5.56 Å². The lowest BCUT2D eigenvalue weighted by atomic mass is 9.99. The molecule has 0 amide bonds. The van der Waals surface area contributed by atoms with E-state index < -0.39 is 10.0 Å². The van der Waals surface area contributed by atoms with Crippen LogP contribution in [0.25, 0.3) is 0 Å². The molecule has 1 aliphatic heterocycles. The Bertz CT molecular complexity index is 844. The maximum absolute atomic E-state index is 12.9. The van der Waals surface area contributed by atoms with Gasteiger partial charge in [-0.15, -0.1) is 0 Å². The minimum atomic E-state index is -3.44. The summed E-state index contributed by atoms with van der Waals surface area (Å²) in [6.07, 6.45) is 1.04. The zero-order valence-corrected chi connectivity index (χ0v) is 16.8. The summed E-state index contributed by atoms with van der Waals surface area (Å²) < 4.78 is 27.4. The number of benzene rings is 2. The summed E-state index contributed by atoms with van der Waals surface area (Å²) in [5.41, 5.74) is 2.21. The fourth-order valence-corrected chi connectivity index (χ4v) is 4.82. The van der Waals surface area contributed by atoms with Crippen LogP contribution in [-0.4, -0.2) is 38.9 Å². The third-order valence-electron chi connectivity index (χ3n) is 5.11. The van der Waals surface area contributed by atoms with Gasteiger partial charge in [-0.2, -0.15) is 4.31 Å². The first-order chi connectivity index (χ1) is 12.4. The molecule has 0 N–H and O–H groups in total. The molecule has 3 rings (SSSR count). The number of hydrogen-bond donors (Lipinski definition) is 0. The molecule has 0 aromatic heterocycles. The summed E-state index contributed by atoms with van der Waals surface area (Å²) in [7, 11) is -3.44. The van der Waals surface area contributed by atoms with Gasteiger partial charge in [0.15, 0.2) is 0 Å². The number of halogens is 1. The van der Waals surface area contributed by atoms with Crippen LogP contribution < -0.4 is 4.90 Å². The predicted octanol–water partition coefficient (Wildman–Crippen LogP) is 4.36. The standard InChI is InChI=1S/C20H25ClN2O2S/c1-3-16(2)17-7-9-20(10-8-17)26(24,25)23-13-11-22(12-14-23)19-6-4-5-18(21)15-19/h4-10,15-16H,3,11-14H2,1-2H3. The molecule has 0 radical (unpaired) electrons. The van der Waals surface area contributed by atoms with E-state index in [1.807, 2.05) is 36.4 Å². The molecule has 1 aliphatic rings. The lowest BCUT2D eigenvalue weighted by Crippen LogP contribution is -2.48. The second kappa shape index (κ2) is 7.99. The number of nitrogens with zero attached hydrogens (tertiary/aromatic N) is 2. The Balaban J connectivity index is 1.70. The second-order valence-corrected chi connectivity index (χ2v) is 9.12. The summed E-state index contributed by atoms with van der Waals surface area (Å²) in [5, 5.41) is 0.693. The van der Waals surface area contributed by atoms with E-state index in [-0.39, 0.29) is 0 Å². The molecule has 0 spiro atoms. The van der Waals surface area contributed by atoms with Gasteiger partial charge in [-0.3, -0.25) is 0 Å². The quantitative estimate of drug-likeness (QED) is 0.758. The molecule has 0 saturated carbocycles. The Morgan fingerprint density at radius 3 is 2.27 bits per heavy atom. The third kappa shape index (κ3) is 4.05. The van der Waals surface area contributed by atoms with Gasteiger partial charge in [0.05, 0.1) is 4.90 Å². The summed E-state index contributed by atoms with van der Waals surface area (Å²) in [6, 6.07) is 15.0. The highest BCUT2D eigenvalue weighted by Crippen LogP contribution is 2.25. The first-order valence-electron chi connectivity index (χ1n) is 9.02. The molecule has 1 atom stereocenters. The maximum atomic E-state index is 12.9. The van der Waals surface area contributed by atoms with Gasteiger partial charge in [-0.25, -0.2) is 8.42 Å². The fourth-order valence-electron chi connectivity index (χ4n) is 3.21. The van der Waals surface area contributed by atoms with Crippen molar-refractivity contribution in [2.75, 3.05) is 31.1 Å². The molecule has 1 saturated heterocycles. The minimum Gasteiger partial charge on any atom is -0.369 e. The van der Waals surface area contributed by atoms with Crippen molar-refractivity contribution < 1.29 is 8.42 Å². The van der Waals surface area contributed by atoms with Crippen LogP contribution in [0.15, 0.2) is 53.4 Å². The van der Waals surface area contributed by atoms with Gasteiger partial charge >= 0.3 is 0 Å². The normalized spacial score (nSPS) is 17.3. The first-order valence-corrected chi connectivity index (χ1v) is 10.8. The van der Waals surface area contributed by atoms with Gasteiger partial charge in [0.25, 0.3) is 0 Å². The van der Waals surface area contributed by atoms with E-state index in [0.717, 1.165) is 12.1 Å². The van der Waals surface area contributed by atoms with Crippen molar-refractivity contribution in [2.45, 2.75) is 31.1 Å². The average Bonchev–Trinajstić information content (AvgIpc) is 2.67. The lowest BCUT2D eigenvalue weighted by molar-refractivity contribution is 0.385. The Hall–Kier alpha value is -1.56. The highest BCUT2D eigenvalue weighted by Gasteiger charge is 2.28. The van der Waals surface area contributed by atoms with E-state index in [2.05, 4.69) is 18.7 Å². The molecule has 26 heavy (non-hydrogen) atoms. The molecule has 4 nitrogen and oxygen atoms in total. The zero-order valence-electron chi connectivity index (χ0n) is 15.2. The second-order valence-electron chi connectivity index (χ2n) is 6.75. The number of sulfonamides is 1. The molecule has 1 unspecified atom stereocenters. The Morgan fingerprint density at radius 2 is 1.69 bits per heavy atom. The van der Waals surface area contributed by atoms with Gasteiger partial charge in [0.1, 0.15) is 0 Å². The highest BCUT2D eigenvalue weighted by molar-refractivity contribution is 7.89. The number of rotatable bonds is 5. The topological polar surface area (TPSA) is 40.6 Å². The van der Waals surface area contributed by atoms with Crippen molar-refractivity contribution in [1.29, 1.82) is 0 Å². The summed E-state index contributed by atoms with van der Waals surface area (Å²) in [5.74, 6) is 0.438. The Labute approximate surface area is 161 Å². The van der Waals surface area contributed by atoms with Crippen molar-refractivity contribution >= 4 is 27.3 Å². The van der Waals surface area contributed by atoms with Crippen LogP contribution >= 0.6 is 11.6 Å². The fraction of sp³-hybridized carbons (Fsp3) is 0.400. The number of piperazine rings is 1. The summed E-state index contributed by atoms with van der Waals surface area (Å²) >= 11 is 6.06. The molecular formula is C20H25ClN2O2S. The molecule has 0 aliphatic carbocycles. The Morgan fingerprint density at radius 1 is 1.04 bits per heavy atom. The SMILES string of the molecule is CCC(C)c1ccc(S(=O)(=O)N2CCN(c3cccc(Cl)c3)CC2)cc1. The smallest absolute Gasteiger partial charge is 0.243 e. The largest absolute Gasteiger partial charge is 0.369 e. The van der Waals surface area contributed by atoms with Gasteiger partial charge in [-0.1, -0.05) is 43.6 Å². The van der Waals surface area contributed by atoms with E-state index >= 15 is 0 Å². The average molecular weight is 393 g/mol. The van der Waals surface area contributed by atoms with Crippen LogP contribution in [0, 0.1) is 0 Å². The summed E-state index contributed by atoms with van der Waals surface area (Å²) in [6.45, 7) is 6.55. The molecule has 1 fully saturated rings. The molecule has 140 valence electrons. The van der Waals surface area contributed by atoms with Crippen LogP contribution in [0.4, 0.5) is 5.69 Å². The van der Waals surface area contributed by atoms with Crippen LogP contribution in [0.2, 0.25) is 5.02 Å². The van der Waals surface area contributed by atoms with Crippen LogP contribution in [-0.2, 0) is 10.0 Å². The van der Waals surface area contributed by atoms with Crippen molar-refractivity contribution in [1.82, 2.24) is 4.31 Å². The molecular weight excluding hydrogens is 368 g/mol. The molecule has 2 aromatic rings. The van der Waals surface area contributed by atoms with Crippen molar-refractivity contribution in [3.63, 3.8) is 0 Å². The van der Waals surface area contributed by atoms with Crippen molar-refractivity contribution in [2.24, 2.45) is 0 Å². The minimum absolute atomic E-state index is 0.376. The van der Waals surface area contributed by atoms with Gasteiger partial charge in [0.2, 0.25) is 10.0 Å². The first kappa shape index (κ1) is 19.2. The number of hydrogen-bond acceptors (Lipinski definition) is 3. The van der Waals surface area contributed by atoms with E-state index in [9.17, 15) is 8.42 Å². The molecule has 0 bridgehead atoms. The third-order valence-corrected chi connectivity index (χ3v) is 7.26. The van der Waals surface area contributed by atoms with Crippen LogP contribution in [0.3, 0.4) is 0 Å². The summed E-state index contributed by atoms with van der Waals surface area (Å²) in [4.78, 5) is 2.55. The monoisotopic (exact) mass is 392 g/mol. The van der Waals surface area contributed by atoms with Gasteiger partial charge < -0.3 is 4.90 Å². The number of anilines is 1. The van der Waals surface area contributed by atoms with E-state index in [1.54, 1.807) is 16.4 Å². The predicted molar refractivity (Wildman–Crippen MR) is 108 cm³/mol. The maximum Gasteiger partial charge on any atom is 0.243 e. The molecule has 2 aromatic carbocycles. The lowest BCUT2D eigenvalue weighted by Gasteiger charge is -2.35. The highest BCUT2D eigenvalue weighted by atomic mass is 35.5. The van der Waals surface area contributed by atoms with Crippen LogP contribution in [0.1, 0.15) is 31.7 Å². The van der Waals surface area contributed by atoms with Gasteiger partial charge in [-0.05, 0) is 48.2 Å². The van der Waals surface area contributed by atoms with Crippen molar-refractivity contribution in [3.05, 3.63) is 59.1 Å².